The normalized spacial score (nSPS) is 25.3. The Labute approximate surface area is 165 Å². The van der Waals surface area contributed by atoms with Crippen molar-refractivity contribution in [3.05, 3.63) is 52.0 Å². The number of hydrogen-bond acceptors (Lipinski definition) is 6. The summed E-state index contributed by atoms with van der Waals surface area (Å²) in [6, 6.07) is 3.19. The number of amides is 1. The van der Waals surface area contributed by atoms with Gasteiger partial charge in [-0.2, -0.15) is 0 Å². The lowest BCUT2D eigenvalue weighted by Gasteiger charge is -2.39. The second-order valence-electron chi connectivity index (χ2n) is 7.17. The maximum Gasteiger partial charge on any atom is 0.249 e. The summed E-state index contributed by atoms with van der Waals surface area (Å²) in [5.41, 5.74) is -0.148. The van der Waals surface area contributed by atoms with Crippen molar-refractivity contribution in [1.29, 1.82) is 0 Å². The third-order valence-corrected chi connectivity index (χ3v) is 5.72. The lowest BCUT2D eigenvalue weighted by atomic mass is 9.97. The Kier molecular flexibility index (Phi) is 5.68. The van der Waals surface area contributed by atoms with Crippen molar-refractivity contribution >= 4 is 17.2 Å². The molecule has 0 radical (unpaired) electrons. The van der Waals surface area contributed by atoms with Crippen LogP contribution in [-0.4, -0.2) is 53.8 Å². The summed E-state index contributed by atoms with van der Waals surface area (Å²) in [4.78, 5) is 19.0. The van der Waals surface area contributed by atoms with E-state index in [1.807, 2.05) is 5.38 Å². The van der Waals surface area contributed by atoms with Crippen molar-refractivity contribution in [1.82, 2.24) is 15.2 Å². The maximum absolute atomic E-state index is 13.3. The Hall–Kier alpha value is -1.94. The lowest BCUT2D eigenvalue weighted by molar-refractivity contribution is -0.130. The van der Waals surface area contributed by atoms with E-state index in [9.17, 15) is 13.6 Å². The fraction of sp³-hybridized carbons (Fsp3) is 0.474. The van der Waals surface area contributed by atoms with Gasteiger partial charge in [0.25, 0.3) is 0 Å². The van der Waals surface area contributed by atoms with Crippen LogP contribution in [0, 0.1) is 11.6 Å². The average Bonchev–Trinajstić information content (AvgIpc) is 3.29. The molecule has 0 saturated carbocycles. The first kappa shape index (κ1) is 19.4. The number of aromatic nitrogens is 1. The van der Waals surface area contributed by atoms with Gasteiger partial charge in [0, 0.05) is 43.7 Å². The van der Waals surface area contributed by atoms with Gasteiger partial charge in [0.15, 0.2) is 0 Å². The number of thiazole rings is 1. The maximum atomic E-state index is 13.3. The Balaban J connectivity index is 1.31. The number of carbonyl (C=O) groups excluding carboxylic acids is 1. The summed E-state index contributed by atoms with van der Waals surface area (Å²) in [7, 11) is 0. The minimum Gasteiger partial charge on any atom is -0.370 e. The molecule has 0 bridgehead atoms. The smallest absolute Gasteiger partial charge is 0.249 e. The zero-order valence-corrected chi connectivity index (χ0v) is 16.0. The molecule has 9 heteroatoms. The van der Waals surface area contributed by atoms with Crippen LogP contribution in [0.25, 0.3) is 0 Å². The van der Waals surface area contributed by atoms with Gasteiger partial charge in [-0.05, 0) is 17.7 Å². The van der Waals surface area contributed by atoms with Gasteiger partial charge >= 0.3 is 0 Å². The molecule has 2 aliphatic rings. The van der Waals surface area contributed by atoms with Crippen molar-refractivity contribution < 1.29 is 23.0 Å². The topological polar surface area (TPSA) is 63.7 Å². The van der Waals surface area contributed by atoms with Crippen molar-refractivity contribution in [2.24, 2.45) is 0 Å². The highest BCUT2D eigenvalue weighted by Gasteiger charge is 2.46. The molecule has 1 spiro atoms. The Bertz CT molecular complexity index is 816. The number of benzene rings is 1. The molecule has 150 valence electrons. The van der Waals surface area contributed by atoms with Gasteiger partial charge in [0.05, 0.1) is 19.8 Å². The fourth-order valence-corrected chi connectivity index (χ4v) is 4.34. The van der Waals surface area contributed by atoms with Crippen LogP contribution in [0.15, 0.2) is 29.8 Å². The van der Waals surface area contributed by atoms with Crippen LogP contribution >= 0.6 is 11.3 Å². The Morgan fingerprint density at radius 1 is 1.36 bits per heavy atom. The molecule has 0 aliphatic carbocycles. The van der Waals surface area contributed by atoms with Crippen LogP contribution in [0.1, 0.15) is 17.0 Å². The molecule has 2 aromatic rings. The van der Waals surface area contributed by atoms with Gasteiger partial charge in [0.1, 0.15) is 28.3 Å². The van der Waals surface area contributed by atoms with Crippen LogP contribution in [0.5, 0.6) is 0 Å². The van der Waals surface area contributed by atoms with E-state index < -0.39 is 23.3 Å². The second-order valence-corrected chi connectivity index (χ2v) is 8.15. The molecule has 1 N–H and O–H groups in total. The highest BCUT2D eigenvalue weighted by atomic mass is 32.1. The molecular weight excluding hydrogens is 388 g/mol. The molecule has 1 amide bonds. The first-order chi connectivity index (χ1) is 13.5. The van der Waals surface area contributed by atoms with Crippen molar-refractivity contribution in [3.63, 3.8) is 0 Å². The minimum atomic E-state index is -0.670. The average molecular weight is 409 g/mol. The Morgan fingerprint density at radius 3 is 2.93 bits per heavy atom. The third-order valence-electron chi connectivity index (χ3n) is 4.96. The van der Waals surface area contributed by atoms with Crippen LogP contribution in [0.4, 0.5) is 8.78 Å². The highest BCUT2D eigenvalue weighted by molar-refractivity contribution is 7.09. The van der Waals surface area contributed by atoms with E-state index in [0.717, 1.165) is 24.2 Å². The minimum absolute atomic E-state index is 0.0391. The van der Waals surface area contributed by atoms with E-state index in [1.165, 1.54) is 12.1 Å². The van der Waals surface area contributed by atoms with E-state index >= 15 is 0 Å². The third kappa shape index (κ3) is 4.54. The molecule has 6 nitrogen and oxygen atoms in total. The largest absolute Gasteiger partial charge is 0.370 e. The van der Waals surface area contributed by atoms with Gasteiger partial charge in [-0.15, -0.1) is 11.3 Å². The number of morpholine rings is 1. The standard InChI is InChI=1S/C19H21F2N3O3S/c20-14-5-13(6-15(21)7-14)9-23-18(25)16-8-19(12-26-16)11-24(2-3-27-19)10-17-22-1-4-28-17/h1,4-7,16H,2-3,8-12H2,(H,23,25)/t16-,19+/m1/s1. The quantitative estimate of drug-likeness (QED) is 0.820. The number of nitrogens with one attached hydrogen (secondary N) is 1. The van der Waals surface area contributed by atoms with E-state index in [-0.39, 0.29) is 12.5 Å². The zero-order chi connectivity index (χ0) is 19.6. The number of nitrogens with zero attached hydrogens (tertiary/aromatic N) is 2. The van der Waals surface area contributed by atoms with E-state index in [2.05, 4.69) is 15.2 Å². The van der Waals surface area contributed by atoms with Gasteiger partial charge in [-0.3, -0.25) is 9.69 Å². The van der Waals surface area contributed by atoms with Crippen molar-refractivity contribution in [2.45, 2.75) is 31.2 Å². The van der Waals surface area contributed by atoms with Crippen LogP contribution in [0.2, 0.25) is 0 Å². The Morgan fingerprint density at radius 2 is 2.18 bits per heavy atom. The first-order valence-electron chi connectivity index (χ1n) is 9.10. The molecule has 28 heavy (non-hydrogen) atoms. The van der Waals surface area contributed by atoms with Gasteiger partial charge in [-0.25, -0.2) is 13.8 Å². The summed E-state index contributed by atoms with van der Waals surface area (Å²) >= 11 is 1.62. The van der Waals surface area contributed by atoms with E-state index in [0.29, 0.717) is 31.7 Å². The molecular formula is C19H21F2N3O3S. The molecule has 1 aromatic carbocycles. The lowest BCUT2D eigenvalue weighted by Crippen LogP contribution is -2.52. The highest BCUT2D eigenvalue weighted by Crippen LogP contribution is 2.32. The SMILES string of the molecule is O=C(NCc1cc(F)cc(F)c1)[C@H]1C[C@@]2(CO1)CN(Cc1nccs1)CCO2. The molecule has 2 fully saturated rings. The zero-order valence-electron chi connectivity index (χ0n) is 15.2. The number of rotatable bonds is 5. The molecule has 1 aromatic heterocycles. The van der Waals surface area contributed by atoms with E-state index in [4.69, 9.17) is 9.47 Å². The number of carbonyl (C=O) groups is 1. The summed E-state index contributed by atoms with van der Waals surface area (Å²) in [6.45, 7) is 3.19. The molecule has 2 atom stereocenters. The number of ether oxygens (including phenoxy) is 2. The molecule has 2 aliphatic heterocycles. The van der Waals surface area contributed by atoms with Crippen LogP contribution < -0.4 is 5.32 Å². The molecule has 0 unspecified atom stereocenters. The summed E-state index contributed by atoms with van der Waals surface area (Å²) in [5, 5.41) is 5.69. The summed E-state index contributed by atoms with van der Waals surface area (Å²) < 4.78 is 38.2. The first-order valence-corrected chi connectivity index (χ1v) is 9.98. The molecule has 2 saturated heterocycles. The predicted octanol–water partition coefficient (Wildman–Crippen LogP) is 2.10. The van der Waals surface area contributed by atoms with E-state index in [1.54, 1.807) is 17.5 Å². The molecule has 4 rings (SSSR count). The van der Waals surface area contributed by atoms with Crippen LogP contribution in [0.3, 0.4) is 0 Å². The fourth-order valence-electron chi connectivity index (χ4n) is 3.68. The molecule has 3 heterocycles. The van der Waals surface area contributed by atoms with Gasteiger partial charge < -0.3 is 14.8 Å². The number of halogens is 2. The number of hydrogen-bond donors (Lipinski definition) is 1. The second kappa shape index (κ2) is 8.20. The van der Waals surface area contributed by atoms with Gasteiger partial charge in [-0.1, -0.05) is 0 Å². The summed E-state index contributed by atoms with van der Waals surface area (Å²) in [5.74, 6) is -1.64. The predicted molar refractivity (Wildman–Crippen MR) is 98.6 cm³/mol. The van der Waals surface area contributed by atoms with Crippen molar-refractivity contribution in [3.8, 4) is 0 Å². The summed E-state index contributed by atoms with van der Waals surface area (Å²) in [6.07, 6.45) is 1.60. The van der Waals surface area contributed by atoms with Gasteiger partial charge in [0.2, 0.25) is 5.91 Å². The van der Waals surface area contributed by atoms with Crippen LogP contribution in [-0.2, 0) is 27.4 Å². The van der Waals surface area contributed by atoms with Crippen molar-refractivity contribution in [2.75, 3.05) is 26.3 Å². The monoisotopic (exact) mass is 409 g/mol.